The molecule has 3 saturated heterocycles. The van der Waals surface area contributed by atoms with E-state index in [1.54, 1.807) is 24.3 Å². The lowest BCUT2D eigenvalue weighted by Crippen LogP contribution is -2.68. The molecule has 2 amide bonds. The number of benzene rings is 1. The van der Waals surface area contributed by atoms with Gasteiger partial charge >= 0.3 is 5.97 Å². The van der Waals surface area contributed by atoms with Gasteiger partial charge in [-0.15, -0.1) is 0 Å². The summed E-state index contributed by atoms with van der Waals surface area (Å²) in [6.07, 6.45) is -19.9. The number of unbranched alkanes of at least 4 members (excludes halogenated alkanes) is 1. The SMILES string of the molecule is CO/C=N\C1C(O)CC(OC2C(O)C(CO)OC(OC(C(O)CO)C(O)C(CNc3cccc(NC(=O)CCCCC4CCSS4)c3)NC(C)=O)C2O)(C(=O)O)OC1C(O)C(O)CO. The molecule has 14 N–H and O–H groups in total. The normalized spacial score (nSPS) is 31.3. The highest BCUT2D eigenvalue weighted by molar-refractivity contribution is 8.77. The van der Waals surface area contributed by atoms with Crippen molar-refractivity contribution < 1.29 is 94.2 Å². The summed E-state index contributed by atoms with van der Waals surface area (Å²) in [7, 11) is 4.96. The van der Waals surface area contributed by atoms with Crippen LogP contribution >= 0.6 is 21.6 Å². The largest absolute Gasteiger partial charge is 0.487 e. The molecule has 16 unspecified atom stereocenters. The first-order chi connectivity index (χ1) is 30.5. The predicted molar refractivity (Wildman–Crippen MR) is 229 cm³/mol. The third-order valence-electron chi connectivity index (χ3n) is 10.8. The first kappa shape index (κ1) is 53.7. The number of nitrogens with zero attached hydrogens (tertiary/aromatic N) is 1. The molecule has 0 radical (unpaired) electrons. The number of methoxy groups -OCH3 is 1. The number of carboxylic acids is 1. The van der Waals surface area contributed by atoms with Gasteiger partial charge in [-0.1, -0.05) is 34.1 Å². The van der Waals surface area contributed by atoms with Crippen LogP contribution in [0.2, 0.25) is 0 Å². The summed E-state index contributed by atoms with van der Waals surface area (Å²) < 4.78 is 27.5. The lowest BCUT2D eigenvalue weighted by atomic mass is 9.88. The van der Waals surface area contributed by atoms with Crippen LogP contribution in [-0.2, 0) is 38.1 Å². The average Bonchev–Trinajstić information content (AvgIpc) is 3.80. The van der Waals surface area contributed by atoms with Crippen molar-refractivity contribution in [3.05, 3.63) is 24.3 Å². The molecule has 0 bridgehead atoms. The summed E-state index contributed by atoms with van der Waals surface area (Å²) >= 11 is 0. The van der Waals surface area contributed by atoms with Crippen LogP contribution in [0.5, 0.6) is 0 Å². The molecular weight excluding hydrogens is 893 g/mol. The molecule has 64 heavy (non-hydrogen) atoms. The lowest BCUT2D eigenvalue weighted by Gasteiger charge is -2.49. The molecular formula is C39H62N4O19S2. The van der Waals surface area contributed by atoms with Crippen LogP contribution in [0.4, 0.5) is 11.4 Å². The molecule has 23 nitrogen and oxygen atoms in total. The summed E-state index contributed by atoms with van der Waals surface area (Å²) in [5.74, 6) is -4.68. The van der Waals surface area contributed by atoms with Crippen molar-refractivity contribution in [1.29, 1.82) is 0 Å². The minimum Gasteiger partial charge on any atom is -0.487 e. The summed E-state index contributed by atoms with van der Waals surface area (Å²) in [5.41, 5.74) is 0.917. The predicted octanol–water partition coefficient (Wildman–Crippen LogP) is -3.13. The summed E-state index contributed by atoms with van der Waals surface area (Å²) in [6.45, 7) is -2.21. The van der Waals surface area contributed by atoms with Crippen LogP contribution in [0.25, 0.3) is 0 Å². The van der Waals surface area contributed by atoms with Crippen molar-refractivity contribution in [2.75, 3.05) is 49.9 Å². The number of carboxylic acid groups (broad SMARTS) is 1. The van der Waals surface area contributed by atoms with Crippen LogP contribution in [0.1, 0.15) is 45.4 Å². The second-order valence-electron chi connectivity index (χ2n) is 15.7. The standard InChI is InChI=1S/C39H62N4O19S2/c1-19(47)42-23(14-40-20-6-5-7-21(12-20)43-28(51)9-4-3-8-22-10-11-63-64-22)30(52)34(26(50)16-45)60-37-33(55)36(32(54)27(17-46)59-37)62-39(38(56)57)13-24(48)29(41-18-58-2)35(61-39)31(53)25(49)15-44/h5-7,12,18,22-27,29-37,40,44-46,48-50,52-55H,3-4,8-11,13-17H2,1-2H3,(H,42,47)(H,43,51)(H,56,57)/b41-18-. The summed E-state index contributed by atoms with van der Waals surface area (Å²) in [4.78, 5) is 41.8. The number of hydrogen-bond acceptors (Lipinski definition) is 22. The number of aliphatic hydroxyl groups excluding tert-OH is 10. The molecule has 3 heterocycles. The van der Waals surface area contributed by atoms with Gasteiger partial charge in [0.05, 0.1) is 39.1 Å². The van der Waals surface area contributed by atoms with E-state index in [-0.39, 0.29) is 12.5 Å². The molecule has 0 spiro atoms. The van der Waals surface area contributed by atoms with Gasteiger partial charge in [0.1, 0.15) is 67.1 Å². The Kier molecular flexibility index (Phi) is 21.6. The van der Waals surface area contributed by atoms with Crippen molar-refractivity contribution in [2.24, 2.45) is 4.99 Å². The van der Waals surface area contributed by atoms with E-state index in [0.29, 0.717) is 23.0 Å². The fraction of sp³-hybridized carbons (Fsp3) is 0.744. The Hall–Kier alpha value is -2.96. The minimum atomic E-state index is -3.05. The van der Waals surface area contributed by atoms with Crippen molar-refractivity contribution in [1.82, 2.24) is 5.32 Å². The molecule has 25 heteroatoms. The Morgan fingerprint density at radius 3 is 2.38 bits per heavy atom. The number of ether oxygens (including phenoxy) is 5. The lowest BCUT2D eigenvalue weighted by molar-refractivity contribution is -0.376. The van der Waals surface area contributed by atoms with Gasteiger partial charge in [-0.05, 0) is 37.5 Å². The summed E-state index contributed by atoms with van der Waals surface area (Å²) in [6, 6.07) is 3.78. The first-order valence-electron chi connectivity index (χ1n) is 20.7. The number of aliphatic carboxylic acids is 1. The molecule has 364 valence electrons. The molecule has 0 aromatic heterocycles. The highest BCUT2D eigenvalue weighted by Crippen LogP contribution is 2.40. The number of aliphatic hydroxyl groups is 10. The van der Waals surface area contributed by atoms with E-state index in [0.717, 1.165) is 38.3 Å². The van der Waals surface area contributed by atoms with Gasteiger partial charge in [0.2, 0.25) is 11.8 Å². The van der Waals surface area contributed by atoms with E-state index in [9.17, 15) is 70.6 Å². The quantitative estimate of drug-likeness (QED) is 0.0199. The molecule has 3 fully saturated rings. The molecule has 1 aromatic carbocycles. The third kappa shape index (κ3) is 14.5. The Labute approximate surface area is 376 Å². The van der Waals surface area contributed by atoms with Gasteiger partial charge in [0.25, 0.3) is 5.79 Å². The second kappa shape index (κ2) is 25.8. The Balaban J connectivity index is 1.51. The zero-order valence-electron chi connectivity index (χ0n) is 35.3. The van der Waals surface area contributed by atoms with Crippen molar-refractivity contribution in [3.8, 4) is 0 Å². The van der Waals surface area contributed by atoms with Crippen molar-refractivity contribution in [2.45, 2.75) is 142 Å². The number of carbonyl (C=O) groups is 3. The number of carbonyl (C=O) groups excluding carboxylic acids is 2. The molecule has 0 aliphatic carbocycles. The maximum absolute atomic E-state index is 12.9. The molecule has 3 aliphatic rings. The number of aliphatic imine (C=N–C) groups is 1. The molecule has 16 atom stereocenters. The van der Waals surface area contributed by atoms with Crippen LogP contribution in [0, 0.1) is 0 Å². The van der Waals surface area contributed by atoms with E-state index in [4.69, 9.17) is 23.7 Å². The number of anilines is 2. The minimum absolute atomic E-state index is 0.171. The fourth-order valence-electron chi connectivity index (χ4n) is 7.44. The first-order valence-corrected chi connectivity index (χ1v) is 23.1. The maximum Gasteiger partial charge on any atom is 0.364 e. The van der Waals surface area contributed by atoms with E-state index in [1.165, 1.54) is 13.5 Å². The van der Waals surface area contributed by atoms with Gasteiger partial charge in [-0.25, -0.2) is 9.79 Å². The van der Waals surface area contributed by atoms with Gasteiger partial charge < -0.3 is 95.8 Å². The monoisotopic (exact) mass is 954 g/mol. The number of rotatable bonds is 25. The Morgan fingerprint density at radius 1 is 1.03 bits per heavy atom. The molecule has 0 saturated carbocycles. The zero-order valence-corrected chi connectivity index (χ0v) is 36.9. The topological polar surface area (TPSA) is 368 Å². The van der Waals surface area contributed by atoms with E-state index >= 15 is 0 Å². The van der Waals surface area contributed by atoms with Crippen LogP contribution in [-0.4, -0.2) is 216 Å². The molecule has 4 rings (SSSR count). The number of amides is 2. The van der Waals surface area contributed by atoms with Crippen molar-refractivity contribution in [3.63, 3.8) is 0 Å². The summed E-state index contributed by atoms with van der Waals surface area (Å²) in [5, 5.41) is 127. The van der Waals surface area contributed by atoms with Gasteiger partial charge in [-0.3, -0.25) is 9.59 Å². The molecule has 3 aliphatic heterocycles. The smallest absolute Gasteiger partial charge is 0.364 e. The van der Waals surface area contributed by atoms with E-state index in [1.807, 2.05) is 21.6 Å². The fourth-order valence-corrected chi connectivity index (χ4v) is 10.5. The van der Waals surface area contributed by atoms with Gasteiger partial charge in [-0.2, -0.15) is 0 Å². The van der Waals surface area contributed by atoms with Crippen LogP contribution in [0.3, 0.4) is 0 Å². The highest BCUT2D eigenvalue weighted by Gasteiger charge is 2.59. The Morgan fingerprint density at radius 2 is 1.75 bits per heavy atom. The Bertz CT molecular complexity index is 1650. The van der Waals surface area contributed by atoms with E-state index in [2.05, 4.69) is 20.9 Å². The zero-order chi connectivity index (χ0) is 47.1. The number of nitrogens with one attached hydrogen (secondary N) is 3. The van der Waals surface area contributed by atoms with Crippen molar-refractivity contribution >= 4 is 57.1 Å². The molecule has 1 aromatic rings. The van der Waals surface area contributed by atoms with Crippen LogP contribution in [0.15, 0.2) is 29.3 Å². The number of hydrogen-bond donors (Lipinski definition) is 14. The van der Waals surface area contributed by atoms with E-state index < -0.39 is 129 Å². The van der Waals surface area contributed by atoms with Gasteiger partial charge in [0, 0.05) is 48.7 Å². The van der Waals surface area contributed by atoms with Crippen LogP contribution < -0.4 is 16.0 Å². The average molecular weight is 955 g/mol. The van der Waals surface area contributed by atoms with Gasteiger partial charge in [0.15, 0.2) is 12.7 Å². The highest BCUT2D eigenvalue weighted by atomic mass is 33.1. The second-order valence-corrected chi connectivity index (χ2v) is 18.4. The maximum atomic E-state index is 12.9. The third-order valence-corrected chi connectivity index (χ3v) is 13.8.